The molecule has 0 aromatic carbocycles. The molecule has 0 aromatic rings. The fraction of sp³-hybridized carbons (Fsp3) is 1.00. The van der Waals surface area contributed by atoms with Crippen LogP contribution in [0.2, 0.25) is 0 Å². The first-order chi connectivity index (χ1) is 11.2. The highest BCUT2D eigenvalue weighted by molar-refractivity contribution is 4.96. The highest BCUT2D eigenvalue weighted by Gasteiger charge is 2.48. The Balaban J connectivity index is 1.04. The molecule has 0 amide bonds. The minimum absolute atomic E-state index is 0.135. The zero-order valence-electron chi connectivity index (χ0n) is 13.4. The molecule has 7 nitrogen and oxygen atoms in total. The van der Waals surface area contributed by atoms with Gasteiger partial charge in [-0.1, -0.05) is 0 Å². The van der Waals surface area contributed by atoms with Crippen molar-refractivity contribution in [2.75, 3.05) is 52.9 Å². The molecule has 5 unspecified atom stereocenters. The topological polar surface area (TPSA) is 82.2 Å². The lowest BCUT2D eigenvalue weighted by Gasteiger charge is -2.20. The monoisotopic (exact) mass is 330 g/mol. The molecular weight excluding hydrogens is 304 g/mol. The molecule has 3 saturated heterocycles. The normalized spacial score (nSPS) is 38.0. The summed E-state index contributed by atoms with van der Waals surface area (Å²) in [7, 11) is 0. The zero-order chi connectivity index (χ0) is 15.7. The fourth-order valence-corrected chi connectivity index (χ4v) is 2.97. The van der Waals surface area contributed by atoms with Gasteiger partial charge in [0.25, 0.3) is 0 Å². The van der Waals surface area contributed by atoms with E-state index in [1.807, 2.05) is 0 Å². The van der Waals surface area contributed by atoms with E-state index in [1.54, 1.807) is 0 Å². The van der Waals surface area contributed by atoms with Crippen molar-refractivity contribution in [1.29, 1.82) is 0 Å². The standard InChI is InChI=1S/C16H26O7/c17-12(5-18-3-11-4-19-9-14-15(11)23-14)6-20-10-16(1-2-16)22-8-13-7-21-13/h11-15,17H,1-10H2. The van der Waals surface area contributed by atoms with Crippen LogP contribution >= 0.6 is 0 Å². The van der Waals surface area contributed by atoms with Crippen molar-refractivity contribution in [3.05, 3.63) is 0 Å². The van der Waals surface area contributed by atoms with Gasteiger partial charge in [-0.05, 0) is 12.8 Å². The second-order valence-electron chi connectivity index (χ2n) is 7.09. The number of fused-ring (bicyclic) bond motifs is 1. The van der Waals surface area contributed by atoms with Crippen molar-refractivity contribution >= 4 is 0 Å². The molecule has 1 saturated carbocycles. The number of epoxide rings is 2. The minimum atomic E-state index is -0.613. The maximum absolute atomic E-state index is 9.93. The quantitative estimate of drug-likeness (QED) is 0.523. The molecule has 0 spiro atoms. The summed E-state index contributed by atoms with van der Waals surface area (Å²) in [5, 5.41) is 9.93. The summed E-state index contributed by atoms with van der Waals surface area (Å²) in [4.78, 5) is 0. The van der Waals surface area contributed by atoms with Crippen LogP contribution in [-0.2, 0) is 28.4 Å². The largest absolute Gasteiger partial charge is 0.388 e. The van der Waals surface area contributed by atoms with E-state index in [4.69, 9.17) is 28.4 Å². The van der Waals surface area contributed by atoms with E-state index in [-0.39, 0.29) is 36.9 Å². The molecule has 23 heavy (non-hydrogen) atoms. The van der Waals surface area contributed by atoms with Crippen LogP contribution in [0.4, 0.5) is 0 Å². The third-order valence-corrected chi connectivity index (χ3v) is 4.80. The fourth-order valence-electron chi connectivity index (χ4n) is 2.97. The van der Waals surface area contributed by atoms with Crippen molar-refractivity contribution in [3.63, 3.8) is 0 Å². The second kappa shape index (κ2) is 6.92. The van der Waals surface area contributed by atoms with Crippen LogP contribution in [0, 0.1) is 5.92 Å². The van der Waals surface area contributed by atoms with E-state index < -0.39 is 6.10 Å². The highest BCUT2D eigenvalue weighted by atomic mass is 16.6. The highest BCUT2D eigenvalue weighted by Crippen LogP contribution is 2.40. The Morgan fingerprint density at radius 2 is 1.91 bits per heavy atom. The van der Waals surface area contributed by atoms with Gasteiger partial charge in [-0.2, -0.15) is 0 Å². The van der Waals surface area contributed by atoms with Gasteiger partial charge in [0.1, 0.15) is 18.3 Å². The number of ether oxygens (including phenoxy) is 6. The maximum Gasteiger partial charge on any atom is 0.108 e. The first-order valence-corrected chi connectivity index (χ1v) is 8.56. The number of hydrogen-bond donors (Lipinski definition) is 1. The number of aliphatic hydroxyl groups is 1. The smallest absolute Gasteiger partial charge is 0.108 e. The third kappa shape index (κ3) is 4.63. The molecule has 4 aliphatic rings. The average molecular weight is 330 g/mol. The van der Waals surface area contributed by atoms with Crippen molar-refractivity contribution in [2.24, 2.45) is 5.92 Å². The van der Waals surface area contributed by atoms with Crippen LogP contribution in [-0.4, -0.2) is 88.0 Å². The van der Waals surface area contributed by atoms with Crippen LogP contribution in [0.5, 0.6) is 0 Å². The predicted molar refractivity (Wildman–Crippen MR) is 78.3 cm³/mol. The number of rotatable bonds is 11. The molecule has 7 heteroatoms. The van der Waals surface area contributed by atoms with Crippen molar-refractivity contribution in [3.8, 4) is 0 Å². The van der Waals surface area contributed by atoms with E-state index in [2.05, 4.69) is 0 Å². The molecule has 0 radical (unpaired) electrons. The molecule has 4 rings (SSSR count). The van der Waals surface area contributed by atoms with Gasteiger partial charge in [0.05, 0.1) is 64.6 Å². The van der Waals surface area contributed by atoms with Gasteiger partial charge < -0.3 is 33.5 Å². The van der Waals surface area contributed by atoms with Crippen molar-refractivity contribution < 1.29 is 33.5 Å². The van der Waals surface area contributed by atoms with E-state index in [0.717, 1.165) is 19.4 Å². The van der Waals surface area contributed by atoms with Gasteiger partial charge in [0, 0.05) is 5.92 Å². The van der Waals surface area contributed by atoms with Crippen LogP contribution in [0.3, 0.4) is 0 Å². The second-order valence-corrected chi connectivity index (χ2v) is 7.09. The Labute approximate surface area is 136 Å². The summed E-state index contributed by atoms with van der Waals surface area (Å²) in [6.45, 7) is 4.49. The Morgan fingerprint density at radius 1 is 1.09 bits per heavy atom. The lowest BCUT2D eigenvalue weighted by molar-refractivity contribution is -0.0741. The summed E-state index contributed by atoms with van der Waals surface area (Å²) in [5.41, 5.74) is -0.135. The van der Waals surface area contributed by atoms with Crippen LogP contribution in [0.25, 0.3) is 0 Å². The SMILES string of the molecule is OC(COCC1COCC2OC12)COCC1(OCC2CO2)CC1. The van der Waals surface area contributed by atoms with E-state index in [0.29, 0.717) is 39.1 Å². The van der Waals surface area contributed by atoms with Gasteiger partial charge >= 0.3 is 0 Å². The predicted octanol–water partition coefficient (Wildman–Crippen LogP) is -0.258. The summed E-state index contributed by atoms with van der Waals surface area (Å²) >= 11 is 0. The average Bonchev–Trinajstić information content (AvgIpc) is 3.41. The molecule has 0 bridgehead atoms. The minimum Gasteiger partial charge on any atom is -0.388 e. The van der Waals surface area contributed by atoms with Gasteiger partial charge in [-0.3, -0.25) is 0 Å². The summed E-state index contributed by atoms with van der Waals surface area (Å²) in [6.07, 6.45) is 2.27. The summed E-state index contributed by atoms with van der Waals surface area (Å²) in [6, 6.07) is 0. The Kier molecular flexibility index (Phi) is 4.87. The number of aliphatic hydroxyl groups excluding tert-OH is 1. The molecule has 3 aliphatic heterocycles. The molecule has 5 atom stereocenters. The first-order valence-electron chi connectivity index (χ1n) is 8.56. The van der Waals surface area contributed by atoms with Gasteiger partial charge in [-0.25, -0.2) is 0 Å². The number of hydrogen-bond acceptors (Lipinski definition) is 7. The van der Waals surface area contributed by atoms with E-state index in [1.165, 1.54) is 0 Å². The molecule has 1 aliphatic carbocycles. The van der Waals surface area contributed by atoms with Crippen LogP contribution in [0.15, 0.2) is 0 Å². The maximum atomic E-state index is 9.93. The lowest BCUT2D eigenvalue weighted by atomic mass is 10.0. The first kappa shape index (κ1) is 16.2. The van der Waals surface area contributed by atoms with E-state index in [9.17, 15) is 5.11 Å². The zero-order valence-corrected chi connectivity index (χ0v) is 13.4. The van der Waals surface area contributed by atoms with Crippen LogP contribution < -0.4 is 0 Å². The molecule has 3 heterocycles. The molecule has 132 valence electrons. The third-order valence-electron chi connectivity index (χ3n) is 4.80. The van der Waals surface area contributed by atoms with Gasteiger partial charge in [0.15, 0.2) is 0 Å². The van der Waals surface area contributed by atoms with Crippen molar-refractivity contribution in [2.45, 2.75) is 42.9 Å². The summed E-state index contributed by atoms with van der Waals surface area (Å²) < 4.78 is 33.1. The molecule has 0 aromatic heterocycles. The van der Waals surface area contributed by atoms with Crippen molar-refractivity contribution in [1.82, 2.24) is 0 Å². The van der Waals surface area contributed by atoms with E-state index >= 15 is 0 Å². The van der Waals surface area contributed by atoms with Gasteiger partial charge in [-0.15, -0.1) is 0 Å². The lowest BCUT2D eigenvalue weighted by Crippen LogP contribution is -2.32. The van der Waals surface area contributed by atoms with Gasteiger partial charge in [0.2, 0.25) is 0 Å². The Morgan fingerprint density at radius 3 is 2.70 bits per heavy atom. The molecule has 4 fully saturated rings. The van der Waals surface area contributed by atoms with Crippen LogP contribution in [0.1, 0.15) is 12.8 Å². The molecule has 1 N–H and O–H groups in total. The molecular formula is C16H26O7. The summed E-state index contributed by atoms with van der Waals surface area (Å²) in [5.74, 6) is 0.287. The Bertz CT molecular complexity index is 396. The Hall–Kier alpha value is -0.280.